The second-order valence-corrected chi connectivity index (χ2v) is 4.30. The van der Waals surface area contributed by atoms with E-state index in [0.29, 0.717) is 12.1 Å². The minimum atomic E-state index is 0.689. The molecule has 92 valence electrons. The molecule has 0 radical (unpaired) electrons. The van der Waals surface area contributed by atoms with Crippen molar-refractivity contribution in [3.63, 3.8) is 0 Å². The molecule has 1 aromatic rings. The second-order valence-electron chi connectivity index (χ2n) is 4.30. The van der Waals surface area contributed by atoms with Crippen LogP contribution in [0.15, 0.2) is 54.3 Å². The highest BCUT2D eigenvalue weighted by atomic mass is 14.9. The molecule has 0 bridgehead atoms. The van der Waals surface area contributed by atoms with Crippen molar-refractivity contribution >= 4 is 5.71 Å². The third-order valence-corrected chi connectivity index (χ3v) is 2.93. The molecule has 0 atom stereocenters. The average molecular weight is 239 g/mol. The molecular weight excluding hydrogens is 222 g/mol. The lowest BCUT2D eigenvalue weighted by molar-refractivity contribution is -0.00542. The van der Waals surface area contributed by atoms with Crippen molar-refractivity contribution in [3.8, 4) is 0 Å². The Hall–Kier alpha value is -2.12. The molecule has 1 aromatic carbocycles. The molecule has 0 saturated heterocycles. The first-order valence-electron chi connectivity index (χ1n) is 6.25. The summed E-state index contributed by atoms with van der Waals surface area (Å²) in [6.45, 7) is 0.955. The molecule has 2 rings (SSSR count). The maximum Gasteiger partial charge on any atom is 0.295 e. The Balaban J connectivity index is 1.69. The number of benzene rings is 1. The van der Waals surface area contributed by atoms with Crippen LogP contribution in [0.5, 0.6) is 0 Å². The van der Waals surface area contributed by atoms with Crippen LogP contribution in [0.25, 0.3) is 5.53 Å². The first-order valence-corrected chi connectivity index (χ1v) is 6.25. The predicted molar refractivity (Wildman–Crippen MR) is 73.2 cm³/mol. The number of allylic oxidation sites excluding steroid dienone is 3. The third kappa shape index (κ3) is 3.72. The van der Waals surface area contributed by atoms with E-state index in [1.54, 1.807) is 0 Å². The quantitative estimate of drug-likeness (QED) is 0.479. The van der Waals surface area contributed by atoms with Gasteiger partial charge in [-0.15, -0.1) is 0 Å². The molecule has 0 unspecified atom stereocenters. The fourth-order valence-electron chi connectivity index (χ4n) is 1.91. The maximum atomic E-state index is 8.60. The molecule has 0 fully saturated rings. The highest BCUT2D eigenvalue weighted by molar-refractivity contribution is 5.92. The summed E-state index contributed by atoms with van der Waals surface area (Å²) in [5.74, 6) is 0. The minimum Gasteiger partial charge on any atom is -0.385 e. The Morgan fingerprint density at radius 1 is 1.17 bits per heavy atom. The average Bonchev–Trinajstić information content (AvgIpc) is 2.45. The van der Waals surface area contributed by atoms with Crippen molar-refractivity contribution in [1.82, 2.24) is 5.32 Å². The molecule has 0 heterocycles. The molecule has 18 heavy (non-hydrogen) atoms. The molecule has 0 saturated carbocycles. The largest absolute Gasteiger partial charge is 0.385 e. The van der Waals surface area contributed by atoms with Gasteiger partial charge in [-0.25, -0.2) is 0 Å². The number of rotatable bonds is 5. The smallest absolute Gasteiger partial charge is 0.295 e. The van der Waals surface area contributed by atoms with Crippen LogP contribution in [-0.2, 0) is 6.42 Å². The predicted octanol–water partition coefficient (Wildman–Crippen LogP) is 2.72. The van der Waals surface area contributed by atoms with Gasteiger partial charge in [-0.1, -0.05) is 30.3 Å². The maximum absolute atomic E-state index is 8.60. The van der Waals surface area contributed by atoms with Crippen molar-refractivity contribution in [3.05, 3.63) is 65.4 Å². The molecule has 0 amide bonds. The summed E-state index contributed by atoms with van der Waals surface area (Å²) in [6.07, 6.45) is 8.70. The minimum absolute atomic E-state index is 0.689. The molecule has 0 spiro atoms. The van der Waals surface area contributed by atoms with Crippen molar-refractivity contribution in [1.29, 1.82) is 0 Å². The highest BCUT2D eigenvalue weighted by Gasteiger charge is 2.06. The lowest BCUT2D eigenvalue weighted by Crippen LogP contribution is -2.16. The lowest BCUT2D eigenvalue weighted by atomic mass is 10.1. The van der Waals surface area contributed by atoms with Gasteiger partial charge in [0.2, 0.25) is 0 Å². The molecule has 0 aliphatic heterocycles. The summed E-state index contributed by atoms with van der Waals surface area (Å²) in [5, 5.41) is 3.37. The molecule has 1 N–H and O–H groups in total. The molecule has 3 nitrogen and oxygen atoms in total. The van der Waals surface area contributed by atoms with Gasteiger partial charge < -0.3 is 10.8 Å². The third-order valence-electron chi connectivity index (χ3n) is 2.93. The van der Waals surface area contributed by atoms with E-state index >= 15 is 0 Å². The molecular formula is C15H17N3. The zero-order valence-electron chi connectivity index (χ0n) is 10.3. The SMILES string of the molecule is [N-]=[N+]=C1C=CC(NCCCc2ccccc2)=CC1. The van der Waals surface area contributed by atoms with Gasteiger partial charge in [-0.05, 0) is 30.6 Å². The van der Waals surface area contributed by atoms with Crippen LogP contribution in [0.2, 0.25) is 0 Å². The van der Waals surface area contributed by atoms with E-state index in [1.165, 1.54) is 5.56 Å². The zero-order chi connectivity index (χ0) is 12.6. The summed E-state index contributed by atoms with van der Waals surface area (Å²) >= 11 is 0. The molecule has 1 aliphatic carbocycles. The molecule has 1 aliphatic rings. The van der Waals surface area contributed by atoms with Crippen molar-refractivity contribution in [2.75, 3.05) is 6.54 Å². The fraction of sp³-hybridized carbons (Fsp3) is 0.267. The van der Waals surface area contributed by atoms with Crippen molar-refractivity contribution in [2.45, 2.75) is 19.3 Å². The van der Waals surface area contributed by atoms with Crippen LogP contribution >= 0.6 is 0 Å². The van der Waals surface area contributed by atoms with Gasteiger partial charge in [0.25, 0.3) is 5.71 Å². The second kappa shape index (κ2) is 6.58. The zero-order valence-corrected chi connectivity index (χ0v) is 10.3. The number of nitrogens with zero attached hydrogens (tertiary/aromatic N) is 2. The van der Waals surface area contributed by atoms with Gasteiger partial charge in [-0.2, -0.15) is 4.79 Å². The summed E-state index contributed by atoms with van der Waals surface area (Å²) in [7, 11) is 0. The highest BCUT2D eigenvalue weighted by Crippen LogP contribution is 2.05. The van der Waals surface area contributed by atoms with E-state index < -0.39 is 0 Å². The Bertz CT molecular complexity index is 494. The van der Waals surface area contributed by atoms with Crippen LogP contribution < -0.4 is 5.32 Å². The standard InChI is InChI=1S/C15H17N3/c16-18-15-10-8-14(9-11-15)17-12-4-7-13-5-2-1-3-6-13/h1-3,5-6,8-10,17H,4,7,11-12H2. The van der Waals surface area contributed by atoms with E-state index in [0.717, 1.165) is 25.1 Å². The molecule has 3 heteroatoms. The fourth-order valence-corrected chi connectivity index (χ4v) is 1.91. The van der Waals surface area contributed by atoms with Crippen LogP contribution in [0.1, 0.15) is 18.4 Å². The van der Waals surface area contributed by atoms with E-state index in [9.17, 15) is 0 Å². The van der Waals surface area contributed by atoms with E-state index in [1.807, 2.05) is 24.3 Å². The number of hydrogen-bond donors (Lipinski definition) is 1. The topological polar surface area (TPSA) is 48.4 Å². The van der Waals surface area contributed by atoms with Gasteiger partial charge in [0, 0.05) is 18.3 Å². The normalized spacial score (nSPS) is 14.0. The van der Waals surface area contributed by atoms with Gasteiger partial charge in [0.15, 0.2) is 0 Å². The van der Waals surface area contributed by atoms with Crippen LogP contribution in [0, 0.1) is 0 Å². The number of nitrogens with one attached hydrogen (secondary N) is 1. The summed E-state index contributed by atoms with van der Waals surface area (Å²) < 4.78 is 0. The Labute approximate surface area is 107 Å². The van der Waals surface area contributed by atoms with Crippen LogP contribution in [-0.4, -0.2) is 17.0 Å². The number of hydrogen-bond acceptors (Lipinski definition) is 1. The first kappa shape index (κ1) is 12.3. The van der Waals surface area contributed by atoms with E-state index in [4.69, 9.17) is 5.53 Å². The first-order chi connectivity index (χ1) is 8.88. The Morgan fingerprint density at radius 3 is 2.67 bits per heavy atom. The van der Waals surface area contributed by atoms with E-state index in [-0.39, 0.29) is 0 Å². The van der Waals surface area contributed by atoms with Crippen molar-refractivity contribution < 1.29 is 4.79 Å². The molecule has 0 aromatic heterocycles. The summed E-state index contributed by atoms with van der Waals surface area (Å²) in [6, 6.07) is 10.5. The lowest BCUT2D eigenvalue weighted by Gasteiger charge is -2.08. The van der Waals surface area contributed by atoms with Gasteiger partial charge in [0.05, 0.1) is 6.42 Å². The summed E-state index contributed by atoms with van der Waals surface area (Å²) in [4.78, 5) is 3.18. The number of aryl methyl sites for hydroxylation is 1. The van der Waals surface area contributed by atoms with Gasteiger partial charge in [-0.3, -0.25) is 0 Å². The van der Waals surface area contributed by atoms with Gasteiger partial charge >= 0.3 is 0 Å². The van der Waals surface area contributed by atoms with Crippen LogP contribution in [0.3, 0.4) is 0 Å². The monoisotopic (exact) mass is 239 g/mol. The van der Waals surface area contributed by atoms with Crippen LogP contribution in [0.4, 0.5) is 0 Å². The van der Waals surface area contributed by atoms with Crippen molar-refractivity contribution in [2.24, 2.45) is 0 Å². The van der Waals surface area contributed by atoms with E-state index in [2.05, 4.69) is 34.4 Å². The van der Waals surface area contributed by atoms with Gasteiger partial charge in [0.1, 0.15) is 0 Å². The summed E-state index contributed by atoms with van der Waals surface area (Å²) in [5.41, 5.74) is 11.8. The Kier molecular flexibility index (Phi) is 4.51. The Morgan fingerprint density at radius 2 is 2.00 bits per heavy atom.